The molecule has 0 spiro atoms. The van der Waals surface area contributed by atoms with Crippen LogP contribution in [0.25, 0.3) is 11.4 Å². The lowest BCUT2D eigenvalue weighted by Gasteiger charge is -2.05. The van der Waals surface area contributed by atoms with Crippen molar-refractivity contribution in [3.8, 4) is 17.1 Å². The van der Waals surface area contributed by atoms with Gasteiger partial charge in [-0.15, -0.1) is 10.2 Å². The van der Waals surface area contributed by atoms with Gasteiger partial charge in [-0.2, -0.15) is 0 Å². The zero-order valence-corrected chi connectivity index (χ0v) is 11.0. The van der Waals surface area contributed by atoms with Crippen LogP contribution in [-0.4, -0.2) is 21.9 Å². The lowest BCUT2D eigenvalue weighted by Crippen LogP contribution is -1.98. The maximum Gasteiger partial charge on any atom is 0.166 e. The van der Waals surface area contributed by atoms with Crippen molar-refractivity contribution in [2.75, 3.05) is 7.11 Å². The quantitative estimate of drug-likeness (QED) is 0.818. The average molecular weight is 300 g/mol. The number of ether oxygens (including phenoxy) is 1. The number of rotatable bonds is 3. The van der Waals surface area contributed by atoms with E-state index in [9.17, 15) is 4.39 Å². The molecule has 0 fully saturated rings. The molecule has 0 amide bonds. The van der Waals surface area contributed by atoms with E-state index in [0.29, 0.717) is 22.5 Å². The van der Waals surface area contributed by atoms with E-state index in [4.69, 9.17) is 4.74 Å². The summed E-state index contributed by atoms with van der Waals surface area (Å²) in [5.41, 5.74) is 0.410. The second kappa shape index (κ2) is 4.83. The molecule has 1 aromatic carbocycles. The Morgan fingerprint density at radius 2 is 2.18 bits per heavy atom. The summed E-state index contributed by atoms with van der Waals surface area (Å²) in [7, 11) is 3.30. The molecular formula is C11H11BrFN3O. The molecule has 1 aromatic heterocycles. The van der Waals surface area contributed by atoms with Gasteiger partial charge in [0.1, 0.15) is 17.4 Å². The minimum Gasteiger partial charge on any atom is -0.497 e. The third-order valence-electron chi connectivity index (χ3n) is 2.50. The predicted octanol–water partition coefficient (Wildman–Crippen LogP) is 2.52. The zero-order chi connectivity index (χ0) is 12.4. The molecule has 90 valence electrons. The molecular weight excluding hydrogens is 289 g/mol. The van der Waals surface area contributed by atoms with Gasteiger partial charge in [-0.25, -0.2) is 4.39 Å². The summed E-state index contributed by atoms with van der Waals surface area (Å²) in [6, 6.07) is 4.66. The number of alkyl halides is 1. The van der Waals surface area contributed by atoms with Gasteiger partial charge in [-0.05, 0) is 12.1 Å². The van der Waals surface area contributed by atoms with E-state index in [1.54, 1.807) is 23.7 Å². The van der Waals surface area contributed by atoms with E-state index >= 15 is 0 Å². The number of hydrogen-bond acceptors (Lipinski definition) is 3. The second-order valence-electron chi connectivity index (χ2n) is 3.48. The molecule has 4 nitrogen and oxygen atoms in total. The Balaban J connectivity index is 2.49. The number of hydrogen-bond donors (Lipinski definition) is 0. The van der Waals surface area contributed by atoms with Gasteiger partial charge in [0, 0.05) is 13.1 Å². The van der Waals surface area contributed by atoms with Crippen molar-refractivity contribution in [2.45, 2.75) is 5.33 Å². The van der Waals surface area contributed by atoms with E-state index in [1.165, 1.54) is 13.2 Å². The molecule has 0 radical (unpaired) electrons. The molecule has 1 heterocycles. The maximum atomic E-state index is 13.8. The van der Waals surface area contributed by atoms with Gasteiger partial charge < -0.3 is 9.30 Å². The molecule has 0 aliphatic heterocycles. The van der Waals surface area contributed by atoms with Crippen LogP contribution in [0, 0.1) is 5.82 Å². The summed E-state index contributed by atoms with van der Waals surface area (Å²) in [6.07, 6.45) is 0. The minimum atomic E-state index is -0.374. The number of halogens is 2. The molecule has 0 saturated carbocycles. The van der Waals surface area contributed by atoms with Crippen LogP contribution in [-0.2, 0) is 12.4 Å². The van der Waals surface area contributed by atoms with Crippen molar-refractivity contribution >= 4 is 15.9 Å². The van der Waals surface area contributed by atoms with Gasteiger partial charge in [-0.3, -0.25) is 0 Å². The predicted molar refractivity (Wildman–Crippen MR) is 65.6 cm³/mol. The Morgan fingerprint density at radius 3 is 2.71 bits per heavy atom. The smallest absolute Gasteiger partial charge is 0.166 e. The summed E-state index contributed by atoms with van der Waals surface area (Å²) in [5, 5.41) is 8.52. The zero-order valence-electron chi connectivity index (χ0n) is 9.44. The fraction of sp³-hybridized carbons (Fsp3) is 0.273. The molecule has 0 saturated heterocycles. The van der Waals surface area contributed by atoms with Crippen LogP contribution in [0.4, 0.5) is 4.39 Å². The van der Waals surface area contributed by atoms with Crippen LogP contribution < -0.4 is 4.74 Å². The molecule has 0 bridgehead atoms. The van der Waals surface area contributed by atoms with Crippen molar-refractivity contribution < 1.29 is 9.13 Å². The van der Waals surface area contributed by atoms with Gasteiger partial charge in [0.05, 0.1) is 18.0 Å². The van der Waals surface area contributed by atoms with Crippen LogP contribution in [0.5, 0.6) is 5.75 Å². The third kappa shape index (κ3) is 2.17. The summed E-state index contributed by atoms with van der Waals surface area (Å²) >= 11 is 3.30. The SMILES string of the molecule is COc1ccc(-c2nnc(CBr)n2C)c(F)c1. The van der Waals surface area contributed by atoms with E-state index in [2.05, 4.69) is 26.1 Å². The summed E-state index contributed by atoms with van der Waals surface area (Å²) < 4.78 is 20.5. The van der Waals surface area contributed by atoms with Gasteiger partial charge >= 0.3 is 0 Å². The van der Waals surface area contributed by atoms with Crippen LogP contribution in [0.15, 0.2) is 18.2 Å². The largest absolute Gasteiger partial charge is 0.497 e. The van der Waals surface area contributed by atoms with Crippen LogP contribution in [0.1, 0.15) is 5.82 Å². The first kappa shape index (κ1) is 12.0. The van der Waals surface area contributed by atoms with Crippen molar-refractivity contribution in [3.05, 3.63) is 29.8 Å². The molecule has 17 heavy (non-hydrogen) atoms. The normalized spacial score (nSPS) is 10.6. The highest BCUT2D eigenvalue weighted by Crippen LogP contribution is 2.25. The maximum absolute atomic E-state index is 13.8. The van der Waals surface area contributed by atoms with Crippen molar-refractivity contribution in [3.63, 3.8) is 0 Å². The molecule has 0 N–H and O–H groups in total. The summed E-state index contributed by atoms with van der Waals surface area (Å²) in [6.45, 7) is 0. The average Bonchev–Trinajstić information content (AvgIpc) is 2.70. The molecule has 0 aliphatic carbocycles. The number of aromatic nitrogens is 3. The van der Waals surface area contributed by atoms with Crippen LogP contribution >= 0.6 is 15.9 Å². The Morgan fingerprint density at radius 1 is 1.41 bits per heavy atom. The van der Waals surface area contributed by atoms with Gasteiger partial charge in [0.15, 0.2) is 5.82 Å². The van der Waals surface area contributed by atoms with E-state index in [0.717, 1.165) is 5.82 Å². The molecule has 0 atom stereocenters. The van der Waals surface area contributed by atoms with Crippen LogP contribution in [0.3, 0.4) is 0 Å². The molecule has 2 rings (SSSR count). The Labute approximate surface area is 107 Å². The van der Waals surface area contributed by atoms with Gasteiger partial charge in [0.25, 0.3) is 0 Å². The molecule has 6 heteroatoms. The molecule has 2 aromatic rings. The highest BCUT2D eigenvalue weighted by atomic mass is 79.9. The Bertz CT molecular complexity index is 542. The number of benzene rings is 1. The van der Waals surface area contributed by atoms with Crippen molar-refractivity contribution in [1.82, 2.24) is 14.8 Å². The fourth-order valence-electron chi connectivity index (χ4n) is 1.52. The highest BCUT2D eigenvalue weighted by molar-refractivity contribution is 9.08. The first-order chi connectivity index (χ1) is 8.17. The highest BCUT2D eigenvalue weighted by Gasteiger charge is 2.14. The molecule has 0 aliphatic rings. The topological polar surface area (TPSA) is 39.9 Å². The Kier molecular flexibility index (Phi) is 3.42. The first-order valence-corrected chi connectivity index (χ1v) is 6.07. The van der Waals surface area contributed by atoms with Crippen molar-refractivity contribution in [2.24, 2.45) is 7.05 Å². The van der Waals surface area contributed by atoms with Gasteiger partial charge in [-0.1, -0.05) is 15.9 Å². The lowest BCUT2D eigenvalue weighted by atomic mass is 10.2. The monoisotopic (exact) mass is 299 g/mol. The number of nitrogens with zero attached hydrogens (tertiary/aromatic N) is 3. The van der Waals surface area contributed by atoms with Gasteiger partial charge in [0.2, 0.25) is 0 Å². The van der Waals surface area contributed by atoms with Crippen LogP contribution in [0.2, 0.25) is 0 Å². The first-order valence-electron chi connectivity index (χ1n) is 4.95. The summed E-state index contributed by atoms with van der Waals surface area (Å²) in [5.74, 6) is 1.35. The summed E-state index contributed by atoms with van der Waals surface area (Å²) in [4.78, 5) is 0. The second-order valence-corrected chi connectivity index (χ2v) is 4.04. The Hall–Kier alpha value is -1.43. The lowest BCUT2D eigenvalue weighted by molar-refractivity contribution is 0.411. The third-order valence-corrected chi connectivity index (χ3v) is 3.00. The van der Waals surface area contributed by atoms with E-state index in [1.807, 2.05) is 0 Å². The van der Waals surface area contributed by atoms with E-state index < -0.39 is 0 Å². The van der Waals surface area contributed by atoms with Crippen molar-refractivity contribution in [1.29, 1.82) is 0 Å². The number of methoxy groups -OCH3 is 1. The molecule has 0 unspecified atom stereocenters. The standard InChI is InChI=1S/C11H11BrFN3O/c1-16-10(6-12)14-15-11(16)8-4-3-7(17-2)5-9(8)13/h3-5H,6H2,1-2H3. The minimum absolute atomic E-state index is 0.374. The fourth-order valence-corrected chi connectivity index (χ4v) is 2.00. The van der Waals surface area contributed by atoms with E-state index in [-0.39, 0.29) is 5.82 Å².